The number of hydrogen-bond acceptors (Lipinski definition) is 6. The van der Waals surface area contributed by atoms with Crippen LogP contribution in [-0.4, -0.2) is 46.7 Å². The maximum atomic E-state index is 14.7. The van der Waals surface area contributed by atoms with Crippen LogP contribution < -0.4 is 9.64 Å². The summed E-state index contributed by atoms with van der Waals surface area (Å²) in [5.41, 5.74) is -1.60. The van der Waals surface area contributed by atoms with Gasteiger partial charge in [-0.2, -0.15) is 0 Å². The normalized spacial score (nSPS) is 19.2. The highest BCUT2D eigenvalue weighted by Crippen LogP contribution is 2.47. The quantitative estimate of drug-likeness (QED) is 0.337. The number of amides is 1. The minimum Gasteiger partial charge on any atom is -0.495 e. The van der Waals surface area contributed by atoms with Crippen LogP contribution in [0.5, 0.6) is 5.75 Å². The van der Waals surface area contributed by atoms with E-state index in [4.69, 9.17) is 9.47 Å². The molecule has 1 amide bonds. The van der Waals surface area contributed by atoms with Gasteiger partial charge in [0, 0.05) is 18.2 Å². The maximum absolute atomic E-state index is 14.7. The Hall–Kier alpha value is -3.21. The van der Waals surface area contributed by atoms with E-state index < -0.39 is 34.9 Å². The molecule has 2 aromatic heterocycles. The molecule has 0 bridgehead atoms. The summed E-state index contributed by atoms with van der Waals surface area (Å²) in [7, 11) is 1.40. The molecule has 7 nitrogen and oxygen atoms in total. The monoisotopic (exact) mass is 578 g/mol. The number of carbonyl (C=O) groups excluding carboxylic acids is 1. The number of methoxy groups -OCH3 is 1. The first-order valence-corrected chi connectivity index (χ1v) is 12.3. The Labute approximate surface area is 221 Å². The fourth-order valence-corrected chi connectivity index (χ4v) is 4.89. The molecule has 2 heterocycles. The van der Waals surface area contributed by atoms with Crippen LogP contribution in [0.25, 0.3) is 11.3 Å². The molecule has 0 unspecified atom stereocenters. The molecule has 1 aliphatic rings. The smallest absolute Gasteiger partial charge is 0.416 e. The van der Waals surface area contributed by atoms with Crippen molar-refractivity contribution in [3.8, 4) is 17.0 Å². The number of benzene rings is 1. The fourth-order valence-electron chi connectivity index (χ4n) is 4.39. The van der Waals surface area contributed by atoms with Gasteiger partial charge in [-0.05, 0) is 85.9 Å². The average molecular weight is 579 g/mol. The highest BCUT2D eigenvalue weighted by atomic mass is 79.9. The lowest BCUT2D eigenvalue weighted by Crippen LogP contribution is -2.54. The van der Waals surface area contributed by atoms with Crippen LogP contribution in [0.3, 0.4) is 0 Å². The number of halogens is 4. The van der Waals surface area contributed by atoms with Gasteiger partial charge in [-0.25, -0.2) is 18.0 Å². The van der Waals surface area contributed by atoms with E-state index in [1.54, 1.807) is 20.8 Å². The SMILES string of the molecule is COc1c(Br)ccc(F)c1-c1ccc(N(C[C@]2(c3ncccc3F)C[C@H](F)C2)C(=O)OC(C)(C)C)nn1. The summed E-state index contributed by atoms with van der Waals surface area (Å²) in [5.74, 6) is -0.846. The van der Waals surface area contributed by atoms with Crippen molar-refractivity contribution in [1.29, 1.82) is 0 Å². The maximum Gasteiger partial charge on any atom is 0.416 e. The number of aromatic nitrogens is 3. The van der Waals surface area contributed by atoms with Crippen LogP contribution in [0.2, 0.25) is 0 Å². The van der Waals surface area contributed by atoms with Gasteiger partial charge >= 0.3 is 6.09 Å². The lowest BCUT2D eigenvalue weighted by atomic mass is 9.64. The molecule has 3 aromatic rings. The summed E-state index contributed by atoms with van der Waals surface area (Å²) < 4.78 is 55.0. The predicted octanol–water partition coefficient (Wildman–Crippen LogP) is 6.40. The molecule has 4 rings (SSSR count). The van der Waals surface area contributed by atoms with Crippen molar-refractivity contribution >= 4 is 27.8 Å². The molecule has 0 atom stereocenters. The largest absolute Gasteiger partial charge is 0.495 e. The third-order valence-electron chi connectivity index (χ3n) is 6.01. The van der Waals surface area contributed by atoms with Crippen LogP contribution >= 0.6 is 15.9 Å². The van der Waals surface area contributed by atoms with Gasteiger partial charge in [0.2, 0.25) is 0 Å². The summed E-state index contributed by atoms with van der Waals surface area (Å²) in [6.07, 6.45) is -0.544. The number of anilines is 1. The standard InChI is InChI=1S/C26H26BrF3N4O3/c1-25(2,3)37-24(35)34(14-26(12-15(28)13-26)23-18(30)6-5-11-31-23)20-10-9-19(32-33-20)21-17(29)8-7-16(27)22(21)36-4/h5-11,15H,12-14H2,1-4H3/t15-,26-. The molecule has 11 heteroatoms. The number of carbonyl (C=O) groups is 1. The first kappa shape index (κ1) is 26.8. The molecule has 0 saturated heterocycles. The Balaban J connectivity index is 1.74. The van der Waals surface area contributed by atoms with Crippen LogP contribution in [0.15, 0.2) is 47.1 Å². The lowest BCUT2D eigenvalue weighted by Gasteiger charge is -2.46. The van der Waals surface area contributed by atoms with Gasteiger partial charge in [-0.3, -0.25) is 9.88 Å². The molecule has 1 aromatic carbocycles. The third-order valence-corrected chi connectivity index (χ3v) is 6.63. The first-order valence-electron chi connectivity index (χ1n) is 11.6. The van der Waals surface area contributed by atoms with E-state index in [2.05, 4.69) is 31.1 Å². The predicted molar refractivity (Wildman–Crippen MR) is 135 cm³/mol. The van der Waals surface area contributed by atoms with Gasteiger partial charge in [-0.1, -0.05) is 0 Å². The van der Waals surface area contributed by atoms with E-state index in [0.29, 0.717) is 4.47 Å². The lowest BCUT2D eigenvalue weighted by molar-refractivity contribution is 0.0507. The second kappa shape index (κ2) is 10.3. The second-order valence-corrected chi connectivity index (χ2v) is 10.8. The van der Waals surface area contributed by atoms with E-state index in [1.165, 1.54) is 54.6 Å². The molecular formula is C26H26BrF3N4O3. The molecule has 0 radical (unpaired) electrons. The number of alkyl halides is 1. The highest BCUT2D eigenvalue weighted by Gasteiger charge is 2.51. The van der Waals surface area contributed by atoms with Crippen molar-refractivity contribution in [1.82, 2.24) is 15.2 Å². The number of hydrogen-bond donors (Lipinski definition) is 0. The first-order chi connectivity index (χ1) is 17.4. The van der Waals surface area contributed by atoms with E-state index in [0.717, 1.165) is 0 Å². The molecule has 37 heavy (non-hydrogen) atoms. The zero-order chi connectivity index (χ0) is 27.0. The third kappa shape index (κ3) is 5.56. The van der Waals surface area contributed by atoms with Gasteiger partial charge in [0.15, 0.2) is 5.82 Å². The fraction of sp³-hybridized carbons (Fsp3) is 0.385. The Bertz CT molecular complexity index is 1300. The van der Waals surface area contributed by atoms with Gasteiger partial charge in [-0.15, -0.1) is 10.2 Å². The van der Waals surface area contributed by atoms with Gasteiger partial charge in [0.25, 0.3) is 0 Å². The van der Waals surface area contributed by atoms with Crippen molar-refractivity contribution in [2.45, 2.75) is 50.8 Å². The van der Waals surface area contributed by atoms with Gasteiger partial charge in [0.05, 0.1) is 28.5 Å². The number of pyridine rings is 1. The summed E-state index contributed by atoms with van der Waals surface area (Å²) in [6, 6.07) is 8.43. The second-order valence-electron chi connectivity index (χ2n) is 9.90. The molecule has 0 spiro atoms. The number of rotatable bonds is 6. The molecule has 0 aliphatic heterocycles. The Morgan fingerprint density at radius 1 is 1.14 bits per heavy atom. The molecule has 1 aliphatic carbocycles. The minimum atomic E-state index is -1.16. The van der Waals surface area contributed by atoms with Crippen LogP contribution in [0, 0.1) is 11.6 Å². The molecule has 196 valence electrons. The molecule has 1 saturated carbocycles. The van der Waals surface area contributed by atoms with Crippen LogP contribution in [-0.2, 0) is 10.2 Å². The van der Waals surface area contributed by atoms with Gasteiger partial charge < -0.3 is 9.47 Å². The summed E-state index contributed by atoms with van der Waals surface area (Å²) >= 11 is 3.33. The number of nitrogens with zero attached hydrogens (tertiary/aromatic N) is 4. The summed E-state index contributed by atoms with van der Waals surface area (Å²) in [5, 5.41) is 8.29. The number of ether oxygens (including phenoxy) is 2. The van der Waals surface area contributed by atoms with Crippen molar-refractivity contribution in [3.63, 3.8) is 0 Å². The van der Waals surface area contributed by atoms with Gasteiger partial charge in [0.1, 0.15) is 29.2 Å². The van der Waals surface area contributed by atoms with Crippen molar-refractivity contribution < 1.29 is 27.4 Å². The minimum absolute atomic E-state index is 0.0216. The Morgan fingerprint density at radius 3 is 2.43 bits per heavy atom. The van der Waals surface area contributed by atoms with Crippen molar-refractivity contribution in [3.05, 3.63) is 64.4 Å². The summed E-state index contributed by atoms with van der Waals surface area (Å²) in [4.78, 5) is 18.6. The van der Waals surface area contributed by atoms with E-state index in [9.17, 15) is 18.0 Å². The Kier molecular flexibility index (Phi) is 7.45. The topological polar surface area (TPSA) is 77.4 Å². The zero-order valence-electron chi connectivity index (χ0n) is 20.8. The Morgan fingerprint density at radius 2 is 1.86 bits per heavy atom. The highest BCUT2D eigenvalue weighted by molar-refractivity contribution is 9.10. The van der Waals surface area contributed by atoms with Crippen LogP contribution in [0.4, 0.5) is 23.8 Å². The van der Waals surface area contributed by atoms with Crippen LogP contribution in [0.1, 0.15) is 39.3 Å². The van der Waals surface area contributed by atoms with E-state index in [-0.39, 0.29) is 47.9 Å². The molecule has 1 fully saturated rings. The van der Waals surface area contributed by atoms with Crippen molar-refractivity contribution in [2.24, 2.45) is 0 Å². The van der Waals surface area contributed by atoms with E-state index >= 15 is 0 Å². The van der Waals surface area contributed by atoms with E-state index in [1.807, 2.05) is 0 Å². The average Bonchev–Trinajstić information content (AvgIpc) is 2.81. The molecular weight excluding hydrogens is 553 g/mol. The molecule has 0 N–H and O–H groups in total. The van der Waals surface area contributed by atoms with Crippen molar-refractivity contribution in [2.75, 3.05) is 18.6 Å². The summed E-state index contributed by atoms with van der Waals surface area (Å²) in [6.45, 7) is 4.97. The zero-order valence-corrected chi connectivity index (χ0v) is 22.4.